The van der Waals surface area contributed by atoms with E-state index in [2.05, 4.69) is 10.4 Å². The molecule has 3 heteroatoms. The van der Waals surface area contributed by atoms with E-state index in [-0.39, 0.29) is 0 Å². The second kappa shape index (κ2) is 3.58. The van der Waals surface area contributed by atoms with Crippen LogP contribution in [0.4, 0.5) is 0 Å². The molecule has 1 aromatic heterocycles. The third kappa shape index (κ3) is 1.89. The van der Waals surface area contributed by atoms with E-state index >= 15 is 0 Å². The summed E-state index contributed by atoms with van der Waals surface area (Å²) in [5, 5.41) is 3.38. The molecule has 2 rings (SSSR count). The molecule has 0 spiro atoms. The highest BCUT2D eigenvalue weighted by Crippen LogP contribution is 2.44. The maximum atomic E-state index is 5.99. The van der Waals surface area contributed by atoms with Gasteiger partial charge in [-0.05, 0) is 25.2 Å². The Hall–Kier alpha value is -0.0800. The smallest absolute Gasteiger partial charge is 0.0934 e. The molecule has 13 heavy (non-hydrogen) atoms. The highest BCUT2D eigenvalue weighted by molar-refractivity contribution is 7.09. The second-order valence-electron chi connectivity index (χ2n) is 4.05. The summed E-state index contributed by atoms with van der Waals surface area (Å²) < 4.78 is 0. The first-order chi connectivity index (χ1) is 6.24. The molecule has 1 aliphatic carbocycles. The first-order valence-electron chi connectivity index (χ1n) is 4.71. The second-order valence-corrected chi connectivity index (χ2v) is 5.26. The van der Waals surface area contributed by atoms with Crippen molar-refractivity contribution in [2.75, 3.05) is 5.88 Å². The first-order valence-corrected chi connectivity index (χ1v) is 6.12. The summed E-state index contributed by atoms with van der Waals surface area (Å²) in [5.41, 5.74) is 1.54. The molecule has 0 amide bonds. The number of halogens is 1. The molecule has 1 nitrogen and oxygen atoms in total. The summed E-state index contributed by atoms with van der Waals surface area (Å²) >= 11 is 7.76. The zero-order valence-electron chi connectivity index (χ0n) is 7.85. The lowest BCUT2D eigenvalue weighted by Crippen LogP contribution is -2.33. The van der Waals surface area contributed by atoms with Crippen LogP contribution < -0.4 is 0 Å². The summed E-state index contributed by atoms with van der Waals surface area (Å²) in [6.07, 6.45) is 5.01. The fourth-order valence-electron chi connectivity index (χ4n) is 1.84. The topological polar surface area (TPSA) is 12.9 Å². The van der Waals surface area contributed by atoms with E-state index in [4.69, 9.17) is 11.6 Å². The van der Waals surface area contributed by atoms with Gasteiger partial charge in [-0.2, -0.15) is 0 Å². The minimum absolute atomic E-state index is 0.395. The molecule has 0 atom stereocenters. The van der Waals surface area contributed by atoms with Crippen molar-refractivity contribution in [1.29, 1.82) is 0 Å². The van der Waals surface area contributed by atoms with Crippen molar-refractivity contribution in [3.63, 3.8) is 0 Å². The van der Waals surface area contributed by atoms with Gasteiger partial charge in [0.05, 0.1) is 5.01 Å². The van der Waals surface area contributed by atoms with Crippen LogP contribution in [-0.4, -0.2) is 10.9 Å². The molecule has 1 heterocycles. The lowest BCUT2D eigenvalue weighted by atomic mass is 9.68. The zero-order valence-corrected chi connectivity index (χ0v) is 9.42. The summed E-state index contributed by atoms with van der Waals surface area (Å²) in [7, 11) is 0. The number of hydrogen-bond donors (Lipinski definition) is 0. The number of rotatable bonds is 3. The predicted molar refractivity (Wildman–Crippen MR) is 57.6 cm³/mol. The van der Waals surface area contributed by atoms with E-state index in [9.17, 15) is 0 Å². The van der Waals surface area contributed by atoms with Crippen LogP contribution in [0.5, 0.6) is 0 Å². The Morgan fingerprint density at radius 2 is 2.38 bits per heavy atom. The number of aryl methyl sites for hydroxylation is 1. The number of alkyl halides is 1. The maximum Gasteiger partial charge on any atom is 0.0934 e. The fourth-order valence-corrected chi connectivity index (χ4v) is 3.15. The summed E-state index contributed by atoms with van der Waals surface area (Å²) in [6, 6.07) is 0. The average molecular weight is 216 g/mol. The quantitative estimate of drug-likeness (QED) is 0.705. The fraction of sp³-hybridized carbons (Fsp3) is 0.700. The van der Waals surface area contributed by atoms with Crippen molar-refractivity contribution < 1.29 is 0 Å². The molecular weight excluding hydrogens is 202 g/mol. The van der Waals surface area contributed by atoms with Gasteiger partial charge in [-0.3, -0.25) is 0 Å². The lowest BCUT2D eigenvalue weighted by Gasteiger charge is -2.39. The van der Waals surface area contributed by atoms with Crippen molar-refractivity contribution in [2.45, 2.75) is 32.6 Å². The predicted octanol–water partition coefficient (Wildman–Crippen LogP) is 3.40. The van der Waals surface area contributed by atoms with Gasteiger partial charge in [0.1, 0.15) is 0 Å². The van der Waals surface area contributed by atoms with E-state index in [0.29, 0.717) is 5.41 Å². The van der Waals surface area contributed by atoms with Crippen LogP contribution in [0.1, 0.15) is 30.0 Å². The summed E-state index contributed by atoms with van der Waals surface area (Å²) in [6.45, 7) is 2.05. The van der Waals surface area contributed by atoms with Crippen LogP contribution in [0.3, 0.4) is 0 Å². The number of aromatic nitrogens is 1. The third-order valence-corrected chi connectivity index (χ3v) is 4.42. The standard InChI is InChI=1S/C10H14ClNS/c1-8-6-13-9(12-8)5-10(7-11)3-2-4-10/h6H,2-5,7H2,1H3. The Labute approximate surface area is 88.1 Å². The molecule has 0 unspecified atom stereocenters. The molecular formula is C10H14ClNS. The molecule has 0 aliphatic heterocycles. The van der Waals surface area contributed by atoms with E-state index < -0.39 is 0 Å². The van der Waals surface area contributed by atoms with E-state index in [1.165, 1.54) is 24.3 Å². The molecule has 1 fully saturated rings. The Morgan fingerprint density at radius 1 is 1.62 bits per heavy atom. The van der Waals surface area contributed by atoms with Crippen LogP contribution in [0.15, 0.2) is 5.38 Å². The third-order valence-electron chi connectivity index (χ3n) is 2.89. The first kappa shape index (κ1) is 9.47. The Balaban J connectivity index is 2.04. The van der Waals surface area contributed by atoms with Gasteiger partial charge in [-0.1, -0.05) is 6.42 Å². The monoisotopic (exact) mass is 215 g/mol. The van der Waals surface area contributed by atoms with Crippen molar-refractivity contribution in [1.82, 2.24) is 4.98 Å². The van der Waals surface area contributed by atoms with Crippen molar-refractivity contribution in [2.24, 2.45) is 5.41 Å². The molecule has 72 valence electrons. The Bertz CT molecular complexity index is 285. The van der Waals surface area contributed by atoms with Gasteiger partial charge in [-0.15, -0.1) is 22.9 Å². The molecule has 1 aromatic rings. The van der Waals surface area contributed by atoms with Gasteiger partial charge >= 0.3 is 0 Å². The molecule has 0 N–H and O–H groups in total. The van der Waals surface area contributed by atoms with Crippen molar-refractivity contribution >= 4 is 22.9 Å². The number of hydrogen-bond acceptors (Lipinski definition) is 2. The van der Waals surface area contributed by atoms with E-state index in [1.807, 2.05) is 6.92 Å². The van der Waals surface area contributed by atoms with Gasteiger partial charge < -0.3 is 0 Å². The van der Waals surface area contributed by atoms with Crippen LogP contribution in [-0.2, 0) is 6.42 Å². The van der Waals surface area contributed by atoms with Crippen molar-refractivity contribution in [3.05, 3.63) is 16.1 Å². The average Bonchev–Trinajstić information content (AvgIpc) is 2.44. The maximum absolute atomic E-state index is 5.99. The van der Waals surface area contributed by atoms with E-state index in [1.54, 1.807) is 11.3 Å². The Morgan fingerprint density at radius 3 is 2.77 bits per heavy atom. The Kier molecular flexibility index (Phi) is 2.61. The van der Waals surface area contributed by atoms with Gasteiger partial charge in [0.15, 0.2) is 0 Å². The SMILES string of the molecule is Cc1csc(CC2(CCl)CCC2)n1. The van der Waals surface area contributed by atoms with Crippen LogP contribution in [0.25, 0.3) is 0 Å². The number of nitrogens with zero attached hydrogens (tertiary/aromatic N) is 1. The van der Waals surface area contributed by atoms with Crippen LogP contribution in [0, 0.1) is 12.3 Å². The largest absolute Gasteiger partial charge is 0.247 e. The molecule has 0 saturated heterocycles. The summed E-state index contributed by atoms with van der Waals surface area (Å²) in [4.78, 5) is 4.49. The number of thiazole rings is 1. The van der Waals surface area contributed by atoms with Crippen molar-refractivity contribution in [3.8, 4) is 0 Å². The van der Waals surface area contributed by atoms with E-state index in [0.717, 1.165) is 18.0 Å². The molecule has 0 bridgehead atoms. The normalized spacial score (nSPS) is 19.8. The molecule has 1 aliphatic rings. The molecule has 1 saturated carbocycles. The van der Waals surface area contributed by atoms with Crippen LogP contribution >= 0.6 is 22.9 Å². The highest BCUT2D eigenvalue weighted by atomic mass is 35.5. The van der Waals surface area contributed by atoms with Gasteiger partial charge in [0.2, 0.25) is 0 Å². The minimum Gasteiger partial charge on any atom is -0.247 e. The minimum atomic E-state index is 0.395. The molecule has 0 radical (unpaired) electrons. The highest BCUT2D eigenvalue weighted by Gasteiger charge is 2.36. The van der Waals surface area contributed by atoms with Gasteiger partial charge in [0.25, 0.3) is 0 Å². The lowest BCUT2D eigenvalue weighted by molar-refractivity contribution is 0.166. The molecule has 0 aromatic carbocycles. The van der Waals surface area contributed by atoms with Gasteiger partial charge in [0, 0.05) is 23.4 Å². The van der Waals surface area contributed by atoms with Crippen LogP contribution in [0.2, 0.25) is 0 Å². The summed E-state index contributed by atoms with van der Waals surface area (Å²) in [5.74, 6) is 0.797. The zero-order chi connectivity index (χ0) is 9.31. The van der Waals surface area contributed by atoms with Gasteiger partial charge in [-0.25, -0.2) is 4.98 Å².